The molecule has 3 heteroatoms. The minimum Gasteiger partial charge on any atom is -0.354 e. The Morgan fingerprint density at radius 1 is 1.50 bits per heavy atom. The van der Waals surface area contributed by atoms with E-state index in [1.807, 2.05) is 20.8 Å². The molecular weight excluding hydrogens is 128 g/mol. The van der Waals surface area contributed by atoms with Gasteiger partial charge in [0.2, 0.25) is 5.91 Å². The molecule has 0 saturated heterocycles. The Morgan fingerprint density at radius 2 is 2.00 bits per heavy atom. The van der Waals surface area contributed by atoms with E-state index in [-0.39, 0.29) is 17.9 Å². The first-order valence-corrected chi connectivity index (χ1v) is 3.41. The van der Waals surface area contributed by atoms with Crippen molar-refractivity contribution in [3.05, 3.63) is 0 Å². The summed E-state index contributed by atoms with van der Waals surface area (Å²) < 4.78 is 0. The van der Waals surface area contributed by atoms with E-state index in [0.29, 0.717) is 6.54 Å². The number of carbonyl (C=O) groups excluding carboxylic acids is 1. The molecule has 0 aromatic carbocycles. The molecule has 59 valence electrons. The molecule has 0 rings (SSSR count). The van der Waals surface area contributed by atoms with Gasteiger partial charge in [0, 0.05) is 18.5 Å². The summed E-state index contributed by atoms with van der Waals surface area (Å²) in [6, 6.07) is 0. The first-order chi connectivity index (χ1) is 4.48. The molecule has 0 fully saturated rings. The fourth-order valence-corrected chi connectivity index (χ4v) is 0.441. The first kappa shape index (κ1) is 9.43. The molecule has 0 aliphatic heterocycles. The van der Waals surface area contributed by atoms with Gasteiger partial charge in [0.1, 0.15) is 0 Å². The summed E-state index contributed by atoms with van der Waals surface area (Å²) in [7, 11) is 0. The highest BCUT2D eigenvalue weighted by Crippen LogP contribution is 2.11. The normalized spacial score (nSPS) is 11.2. The number of rotatable bonds is 2. The third-order valence-electron chi connectivity index (χ3n) is 1.09. The molecule has 0 aliphatic carbocycles. The van der Waals surface area contributed by atoms with Crippen LogP contribution in [0, 0.1) is 5.41 Å². The smallest absolute Gasteiger partial charge is 0.225 e. The lowest BCUT2D eigenvalue weighted by Gasteiger charge is -2.16. The van der Waals surface area contributed by atoms with Crippen LogP contribution in [0.15, 0.2) is 0 Å². The van der Waals surface area contributed by atoms with Crippen molar-refractivity contribution in [2.75, 3.05) is 13.1 Å². The average Bonchev–Trinajstić information content (AvgIpc) is 1.80. The number of carbonyl (C=O) groups is 1. The molecule has 0 spiro atoms. The topological polar surface area (TPSA) is 52.9 Å². The van der Waals surface area contributed by atoms with E-state index in [1.54, 1.807) is 0 Å². The van der Waals surface area contributed by atoms with E-state index >= 15 is 0 Å². The third-order valence-corrected chi connectivity index (χ3v) is 1.09. The maximum absolute atomic E-state index is 11.0. The van der Waals surface area contributed by atoms with Gasteiger partial charge in [-0.3, -0.25) is 10.5 Å². The Morgan fingerprint density at radius 3 is 2.30 bits per heavy atom. The van der Waals surface area contributed by atoms with Crippen LogP contribution in [-0.2, 0) is 4.79 Å². The molecule has 0 atom stereocenters. The fourth-order valence-electron chi connectivity index (χ4n) is 0.441. The minimum absolute atomic E-state index is 0.0137. The van der Waals surface area contributed by atoms with E-state index in [4.69, 9.17) is 5.73 Å². The van der Waals surface area contributed by atoms with Gasteiger partial charge in [-0.15, -0.1) is 0 Å². The van der Waals surface area contributed by atoms with E-state index in [9.17, 15) is 4.79 Å². The van der Waals surface area contributed by atoms with Crippen LogP contribution in [0.2, 0.25) is 0 Å². The second kappa shape index (κ2) is 3.56. The van der Waals surface area contributed by atoms with Crippen molar-refractivity contribution in [3.8, 4) is 0 Å². The van der Waals surface area contributed by atoms with Crippen molar-refractivity contribution in [1.29, 1.82) is 0 Å². The number of nitrogens with one attached hydrogen (secondary N) is 2. The van der Waals surface area contributed by atoms with E-state index in [0.717, 1.165) is 0 Å². The second-order valence-electron chi connectivity index (χ2n) is 3.26. The first-order valence-electron chi connectivity index (χ1n) is 3.41. The van der Waals surface area contributed by atoms with Crippen molar-refractivity contribution in [3.63, 3.8) is 0 Å². The van der Waals surface area contributed by atoms with E-state index in [2.05, 4.69) is 5.32 Å². The van der Waals surface area contributed by atoms with Gasteiger partial charge < -0.3 is 5.32 Å². The van der Waals surface area contributed by atoms with Gasteiger partial charge in [0.25, 0.3) is 0 Å². The number of hydrogen-bond donors (Lipinski definition) is 1. The maximum Gasteiger partial charge on any atom is 0.225 e. The van der Waals surface area contributed by atoms with Crippen LogP contribution in [0.25, 0.3) is 0 Å². The summed E-state index contributed by atoms with van der Waals surface area (Å²) in [6.07, 6.45) is 0. The van der Waals surface area contributed by atoms with Gasteiger partial charge >= 0.3 is 0 Å². The Balaban J connectivity index is 3.64. The van der Waals surface area contributed by atoms with Crippen LogP contribution in [0.1, 0.15) is 20.8 Å². The van der Waals surface area contributed by atoms with Crippen LogP contribution in [0.3, 0.4) is 0 Å². The molecule has 0 heterocycles. The molecule has 0 unspecified atom stereocenters. The number of amides is 1. The third kappa shape index (κ3) is 3.45. The molecule has 0 aromatic heterocycles. The largest absolute Gasteiger partial charge is 0.354 e. The van der Waals surface area contributed by atoms with E-state index < -0.39 is 0 Å². The molecular formula is C7H15N2O. The van der Waals surface area contributed by atoms with Crippen LogP contribution >= 0.6 is 0 Å². The predicted octanol–water partition coefficient (Wildman–Crippen LogP) is 0.432. The molecule has 0 saturated carbocycles. The van der Waals surface area contributed by atoms with Crippen molar-refractivity contribution in [2.45, 2.75) is 20.8 Å². The Bertz CT molecular complexity index is 115. The van der Waals surface area contributed by atoms with Gasteiger partial charge in [-0.25, -0.2) is 0 Å². The summed E-state index contributed by atoms with van der Waals surface area (Å²) in [6.45, 7) is 6.27. The molecule has 2 N–H and O–H groups in total. The van der Waals surface area contributed by atoms with Crippen molar-refractivity contribution < 1.29 is 4.79 Å². The summed E-state index contributed by atoms with van der Waals surface area (Å²) in [5.41, 5.74) is 6.46. The van der Waals surface area contributed by atoms with Crippen molar-refractivity contribution in [2.24, 2.45) is 5.41 Å². The quantitative estimate of drug-likeness (QED) is 0.599. The van der Waals surface area contributed by atoms with Crippen LogP contribution in [0.4, 0.5) is 0 Å². The van der Waals surface area contributed by atoms with Crippen LogP contribution < -0.4 is 11.1 Å². The molecule has 1 amide bonds. The zero-order chi connectivity index (χ0) is 8.20. The summed E-state index contributed by atoms with van der Waals surface area (Å²) in [4.78, 5) is 11.0. The predicted molar refractivity (Wildman–Crippen MR) is 40.4 cm³/mol. The van der Waals surface area contributed by atoms with Gasteiger partial charge in [-0.2, -0.15) is 0 Å². The lowest BCUT2D eigenvalue weighted by Crippen LogP contribution is -2.36. The van der Waals surface area contributed by atoms with Crippen molar-refractivity contribution in [1.82, 2.24) is 11.1 Å². The second-order valence-corrected chi connectivity index (χ2v) is 3.26. The molecule has 0 bridgehead atoms. The van der Waals surface area contributed by atoms with Crippen LogP contribution in [0.5, 0.6) is 0 Å². The molecule has 1 radical (unpaired) electrons. The molecule has 10 heavy (non-hydrogen) atoms. The highest BCUT2D eigenvalue weighted by atomic mass is 16.2. The SMILES string of the molecule is CC(C)(C)C(=O)NCC[NH]. The summed E-state index contributed by atoms with van der Waals surface area (Å²) in [5, 5.41) is 2.65. The molecule has 0 aliphatic rings. The highest BCUT2D eigenvalue weighted by Gasteiger charge is 2.19. The minimum atomic E-state index is -0.324. The fraction of sp³-hybridized carbons (Fsp3) is 0.857. The monoisotopic (exact) mass is 143 g/mol. The molecule has 3 nitrogen and oxygen atoms in total. The lowest BCUT2D eigenvalue weighted by atomic mass is 9.96. The lowest BCUT2D eigenvalue weighted by molar-refractivity contribution is -0.128. The van der Waals surface area contributed by atoms with Gasteiger partial charge in [-0.05, 0) is 0 Å². The van der Waals surface area contributed by atoms with Crippen LogP contribution in [-0.4, -0.2) is 19.0 Å². The van der Waals surface area contributed by atoms with Gasteiger partial charge in [0.15, 0.2) is 0 Å². The standard InChI is InChI=1S/C7H15N2O/c1-7(2,3)6(10)9-5-4-8/h8H,4-5H2,1-3H3,(H,9,10). The van der Waals surface area contributed by atoms with Crippen molar-refractivity contribution >= 4 is 5.91 Å². The highest BCUT2D eigenvalue weighted by molar-refractivity contribution is 5.81. The Kier molecular flexibility index (Phi) is 3.36. The Hall–Kier alpha value is -0.570. The Labute approximate surface area is 62.0 Å². The zero-order valence-corrected chi connectivity index (χ0v) is 6.82. The zero-order valence-electron chi connectivity index (χ0n) is 6.82. The summed E-state index contributed by atoms with van der Waals surface area (Å²) in [5.74, 6) is 0.0137. The van der Waals surface area contributed by atoms with Gasteiger partial charge in [0.05, 0.1) is 0 Å². The maximum atomic E-state index is 11.0. The number of hydrogen-bond acceptors (Lipinski definition) is 1. The van der Waals surface area contributed by atoms with E-state index in [1.165, 1.54) is 0 Å². The van der Waals surface area contributed by atoms with Gasteiger partial charge in [-0.1, -0.05) is 20.8 Å². The molecule has 0 aromatic rings. The average molecular weight is 143 g/mol. The summed E-state index contributed by atoms with van der Waals surface area (Å²) >= 11 is 0.